The highest BCUT2D eigenvalue weighted by Crippen LogP contribution is 2.32. The summed E-state index contributed by atoms with van der Waals surface area (Å²) in [7, 11) is -3.85. The highest BCUT2D eigenvalue weighted by molar-refractivity contribution is 7.92. The number of rotatable bonds is 6. The topological polar surface area (TPSA) is 84.6 Å². The van der Waals surface area contributed by atoms with Gasteiger partial charge in [-0.1, -0.05) is 48.5 Å². The molecule has 3 aromatic carbocycles. The molecular weight excluding hydrogens is 422 g/mol. The lowest BCUT2D eigenvalue weighted by Crippen LogP contribution is -2.36. The number of aliphatic hydroxyl groups excluding tert-OH is 1. The lowest BCUT2D eigenvalue weighted by atomic mass is 10.0. The van der Waals surface area contributed by atoms with Gasteiger partial charge in [0.25, 0.3) is 10.0 Å². The Kier molecular flexibility index (Phi) is 6.45. The molecule has 0 aliphatic carbocycles. The minimum absolute atomic E-state index is 0.151. The number of hydrogen-bond donors (Lipinski definition) is 1. The fraction of sp³-hybridized carbons (Fsp3) is 0.240. The molecule has 4 rings (SSSR count). The monoisotopic (exact) mass is 447 g/mol. The highest BCUT2D eigenvalue weighted by atomic mass is 32.2. The van der Waals surface area contributed by atoms with Crippen molar-refractivity contribution in [1.29, 1.82) is 5.26 Å². The number of piperidine rings is 1. The minimum Gasteiger partial charge on any atom is -0.393 e. The van der Waals surface area contributed by atoms with Crippen molar-refractivity contribution < 1.29 is 13.5 Å². The predicted octanol–water partition coefficient (Wildman–Crippen LogP) is 3.91. The second kappa shape index (κ2) is 9.43. The Bertz CT molecular complexity index is 1200. The van der Waals surface area contributed by atoms with Gasteiger partial charge in [0, 0.05) is 13.1 Å². The van der Waals surface area contributed by atoms with Crippen molar-refractivity contribution >= 4 is 21.4 Å². The van der Waals surface area contributed by atoms with Gasteiger partial charge in [-0.15, -0.1) is 0 Å². The zero-order chi connectivity index (χ0) is 22.6. The molecule has 1 fully saturated rings. The highest BCUT2D eigenvalue weighted by Gasteiger charge is 2.27. The number of nitrogens with zero attached hydrogens (tertiary/aromatic N) is 3. The maximum Gasteiger partial charge on any atom is 0.264 e. The Hall–Kier alpha value is -3.34. The number of aliphatic hydroxyl groups is 1. The first-order valence-electron chi connectivity index (χ1n) is 10.6. The molecule has 0 radical (unpaired) electrons. The van der Waals surface area contributed by atoms with Gasteiger partial charge >= 0.3 is 0 Å². The van der Waals surface area contributed by atoms with Crippen LogP contribution < -0.4 is 9.21 Å². The van der Waals surface area contributed by atoms with Crippen molar-refractivity contribution in [2.75, 3.05) is 22.3 Å². The average Bonchev–Trinajstić information content (AvgIpc) is 2.84. The van der Waals surface area contributed by atoms with E-state index < -0.39 is 10.0 Å². The molecule has 1 heterocycles. The second-order valence-electron chi connectivity index (χ2n) is 7.84. The molecule has 7 heteroatoms. The van der Waals surface area contributed by atoms with Crippen LogP contribution in [0.1, 0.15) is 24.0 Å². The van der Waals surface area contributed by atoms with Crippen LogP contribution in [0.25, 0.3) is 0 Å². The van der Waals surface area contributed by atoms with E-state index in [0.29, 0.717) is 37.2 Å². The molecule has 3 aromatic rings. The van der Waals surface area contributed by atoms with E-state index in [-0.39, 0.29) is 17.5 Å². The first kappa shape index (κ1) is 21.9. The van der Waals surface area contributed by atoms with Crippen LogP contribution in [-0.4, -0.2) is 32.7 Å². The number of anilines is 2. The van der Waals surface area contributed by atoms with Gasteiger partial charge in [0.15, 0.2) is 0 Å². The molecule has 1 N–H and O–H groups in total. The van der Waals surface area contributed by atoms with E-state index >= 15 is 0 Å². The van der Waals surface area contributed by atoms with Gasteiger partial charge in [0.05, 0.1) is 34.5 Å². The lowest BCUT2D eigenvalue weighted by Gasteiger charge is -2.32. The molecule has 0 atom stereocenters. The molecule has 1 saturated heterocycles. The number of benzene rings is 3. The van der Waals surface area contributed by atoms with Crippen LogP contribution >= 0.6 is 0 Å². The summed E-state index contributed by atoms with van der Waals surface area (Å²) in [5.74, 6) is 0. The van der Waals surface area contributed by atoms with Crippen LogP contribution in [-0.2, 0) is 16.6 Å². The Morgan fingerprint density at radius 2 is 1.59 bits per heavy atom. The molecule has 32 heavy (non-hydrogen) atoms. The van der Waals surface area contributed by atoms with E-state index in [1.54, 1.807) is 42.5 Å². The first-order valence-corrected chi connectivity index (χ1v) is 12.0. The molecule has 0 saturated carbocycles. The van der Waals surface area contributed by atoms with Crippen molar-refractivity contribution in [3.05, 3.63) is 90.0 Å². The summed E-state index contributed by atoms with van der Waals surface area (Å²) in [4.78, 5) is 2.27. The number of hydrogen-bond acceptors (Lipinski definition) is 5. The lowest BCUT2D eigenvalue weighted by molar-refractivity contribution is 0.145. The van der Waals surface area contributed by atoms with E-state index in [1.165, 1.54) is 4.31 Å². The third-order valence-electron chi connectivity index (χ3n) is 5.69. The molecule has 0 spiro atoms. The predicted molar refractivity (Wildman–Crippen MR) is 125 cm³/mol. The quantitative estimate of drug-likeness (QED) is 0.619. The zero-order valence-corrected chi connectivity index (χ0v) is 18.4. The Morgan fingerprint density at radius 1 is 0.969 bits per heavy atom. The van der Waals surface area contributed by atoms with Crippen LogP contribution in [0.15, 0.2) is 83.8 Å². The summed E-state index contributed by atoms with van der Waals surface area (Å²) >= 11 is 0. The molecular formula is C25H25N3O3S. The van der Waals surface area contributed by atoms with Crippen LogP contribution in [0.3, 0.4) is 0 Å². The van der Waals surface area contributed by atoms with Gasteiger partial charge in [-0.2, -0.15) is 5.26 Å². The van der Waals surface area contributed by atoms with E-state index in [1.807, 2.05) is 36.4 Å². The molecule has 0 aromatic heterocycles. The summed E-state index contributed by atoms with van der Waals surface area (Å²) in [6, 6.07) is 25.1. The Morgan fingerprint density at radius 3 is 2.22 bits per heavy atom. The number of sulfonamides is 1. The van der Waals surface area contributed by atoms with Gasteiger partial charge in [0.2, 0.25) is 0 Å². The first-order chi connectivity index (χ1) is 15.5. The smallest absolute Gasteiger partial charge is 0.264 e. The van der Waals surface area contributed by atoms with Crippen LogP contribution in [0.2, 0.25) is 0 Å². The van der Waals surface area contributed by atoms with Crippen molar-refractivity contribution in [3.63, 3.8) is 0 Å². The van der Waals surface area contributed by atoms with E-state index in [4.69, 9.17) is 0 Å². The van der Waals surface area contributed by atoms with Crippen LogP contribution in [0.5, 0.6) is 0 Å². The summed E-state index contributed by atoms with van der Waals surface area (Å²) in [5, 5.41) is 19.6. The fourth-order valence-electron chi connectivity index (χ4n) is 3.94. The molecule has 6 nitrogen and oxygen atoms in total. The standard InChI is InChI=1S/C25H25N3O3S/c26-18-21-17-22(11-12-25(21)27-15-13-23(29)14-16-27)28(19-20-7-3-1-4-8-20)32(30,31)24-9-5-2-6-10-24/h1-12,17,23,29H,13-16,19H2. The molecule has 0 unspecified atom stereocenters. The van der Waals surface area contributed by atoms with Crippen molar-refractivity contribution in [3.8, 4) is 6.07 Å². The fourth-order valence-corrected chi connectivity index (χ4v) is 5.40. The largest absolute Gasteiger partial charge is 0.393 e. The summed E-state index contributed by atoms with van der Waals surface area (Å²) < 4.78 is 28.5. The molecule has 1 aliphatic heterocycles. The Labute approximate surface area is 189 Å². The van der Waals surface area contributed by atoms with Gasteiger partial charge in [-0.3, -0.25) is 4.31 Å². The number of nitriles is 1. The maximum atomic E-state index is 13.6. The van der Waals surface area contributed by atoms with Crippen molar-refractivity contribution in [2.24, 2.45) is 0 Å². The molecule has 0 bridgehead atoms. The molecule has 1 aliphatic rings. The van der Waals surface area contributed by atoms with Crippen molar-refractivity contribution in [2.45, 2.75) is 30.4 Å². The van der Waals surface area contributed by atoms with Gasteiger partial charge in [-0.05, 0) is 48.7 Å². The minimum atomic E-state index is -3.85. The SMILES string of the molecule is N#Cc1cc(N(Cc2ccccc2)S(=O)(=O)c2ccccc2)ccc1N1CCC(O)CC1. The van der Waals surface area contributed by atoms with Gasteiger partial charge in [0.1, 0.15) is 6.07 Å². The second-order valence-corrected chi connectivity index (χ2v) is 9.70. The summed E-state index contributed by atoms with van der Waals surface area (Å²) in [5.41, 5.74) is 2.47. The third-order valence-corrected chi connectivity index (χ3v) is 7.48. The molecule has 0 amide bonds. The van der Waals surface area contributed by atoms with Gasteiger partial charge < -0.3 is 10.0 Å². The van der Waals surface area contributed by atoms with Crippen LogP contribution in [0.4, 0.5) is 11.4 Å². The van der Waals surface area contributed by atoms with E-state index in [2.05, 4.69) is 11.0 Å². The summed E-state index contributed by atoms with van der Waals surface area (Å²) in [6.45, 7) is 1.47. The third kappa shape index (κ3) is 4.62. The van der Waals surface area contributed by atoms with Crippen LogP contribution in [0, 0.1) is 11.3 Å². The average molecular weight is 448 g/mol. The Balaban J connectivity index is 1.75. The normalized spacial score (nSPS) is 14.7. The maximum absolute atomic E-state index is 13.6. The van der Waals surface area contributed by atoms with Gasteiger partial charge in [-0.25, -0.2) is 8.42 Å². The van der Waals surface area contributed by atoms with E-state index in [9.17, 15) is 18.8 Å². The van der Waals surface area contributed by atoms with Crippen molar-refractivity contribution in [1.82, 2.24) is 0 Å². The summed E-state index contributed by atoms with van der Waals surface area (Å²) in [6.07, 6.45) is 0.984. The van der Waals surface area contributed by atoms with E-state index in [0.717, 1.165) is 11.3 Å². The zero-order valence-electron chi connectivity index (χ0n) is 17.6. The molecule has 164 valence electrons.